The van der Waals surface area contributed by atoms with E-state index in [-0.39, 0.29) is 0 Å². The zero-order chi connectivity index (χ0) is 64.1. The summed E-state index contributed by atoms with van der Waals surface area (Å²) in [6, 6.07) is 0. The second-order valence-corrected chi connectivity index (χ2v) is 22.5. The van der Waals surface area contributed by atoms with Crippen molar-refractivity contribution in [2.45, 2.75) is 246 Å². The summed E-state index contributed by atoms with van der Waals surface area (Å²) >= 11 is 0. The zero-order valence-corrected chi connectivity index (χ0v) is 46.0. The third-order valence-corrected chi connectivity index (χ3v) is 16.9. The van der Waals surface area contributed by atoms with Crippen LogP contribution in [0.3, 0.4) is 0 Å². The molecule has 22 aliphatic heterocycles. The van der Waals surface area contributed by atoms with Crippen LogP contribution in [0.15, 0.2) is 0 Å². The van der Waals surface area contributed by atoms with Gasteiger partial charge in [0.05, 0.1) is 52.9 Å². The molecule has 0 aliphatic carbocycles. The lowest BCUT2D eigenvalue weighted by atomic mass is 9.95. The van der Waals surface area contributed by atoms with Crippen LogP contribution < -0.4 is 0 Å². The summed E-state index contributed by atoms with van der Waals surface area (Å²) in [4.78, 5) is 0. The summed E-state index contributed by atoms with van der Waals surface area (Å²) in [5.41, 5.74) is 0. The van der Waals surface area contributed by atoms with E-state index in [1.807, 2.05) is 0 Å². The number of ether oxygens (including phenoxy) is 16. The van der Waals surface area contributed by atoms with E-state index in [1.54, 1.807) is 0 Å². The van der Waals surface area contributed by atoms with Gasteiger partial charge in [0.2, 0.25) is 0 Å². The Morgan fingerprint density at radius 2 is 0.375 bits per heavy atom. The molecule has 22 heterocycles. The van der Waals surface area contributed by atoms with E-state index in [2.05, 4.69) is 0 Å². The van der Waals surface area contributed by atoms with Gasteiger partial charge in [0, 0.05) is 0 Å². The van der Waals surface area contributed by atoms with Crippen LogP contribution in [0.25, 0.3) is 0 Å². The lowest BCUT2D eigenvalue weighted by Crippen LogP contribution is -2.68. The SMILES string of the molecule is OC[C@H]1O[C@H](OC[C@H]2O[C@@H]3O[C@H]4[C@H](O)[C@@H](O)[C@@H](O[C@H]5[C@H](O)[C@@H](O)[C@@H](O[C@H]6[C@H](O)[C@@H](O)[C@@H](O[C@H]7[C@H](O)[C@@H](O)[C@@H](O[C@H]8[C@H](O)[C@@H](O)[C@@H](O[C@H]9[C@H](O)C(O)[C@@H](O[C@H]2[C@H](O)[C@H]3O)O[C@@H]9CO)O[C@@H]8CO)O[C@@H]7CO)O[C@@H]6CO)O[C@@H]5CO)O[C@@H]4CO)[C@H](O)[C@@H](O)[C@@H]1O. The van der Waals surface area contributed by atoms with E-state index >= 15 is 0 Å². The number of rotatable bonds is 10. The van der Waals surface area contributed by atoms with Crippen molar-refractivity contribution in [3.05, 3.63) is 0 Å². The fraction of sp³-hybridized carbons (Fsp3) is 1.00. The van der Waals surface area contributed by atoms with Gasteiger partial charge in [0.15, 0.2) is 50.3 Å². The van der Waals surface area contributed by atoms with Crippen LogP contribution in [-0.4, -0.2) is 421 Å². The van der Waals surface area contributed by atoms with Crippen molar-refractivity contribution in [2.75, 3.05) is 52.9 Å². The normalized spacial score (nSPS) is 55.2. The van der Waals surface area contributed by atoms with Gasteiger partial charge in [-0.2, -0.15) is 0 Å². The van der Waals surface area contributed by atoms with E-state index in [0.29, 0.717) is 0 Å². The molecule has 22 fully saturated rings. The number of aliphatic hydroxyl groups excluding tert-OH is 24. The van der Waals surface area contributed by atoms with Gasteiger partial charge < -0.3 is 198 Å². The maximum Gasteiger partial charge on any atom is 0.187 e. The molecule has 24 N–H and O–H groups in total. The van der Waals surface area contributed by atoms with Gasteiger partial charge in [-0.05, 0) is 0 Å². The van der Waals surface area contributed by atoms with Crippen molar-refractivity contribution < 1.29 is 198 Å². The standard InChI is InChI=1S/C48H80O40/c49-1-9-17(56)18(57)26(65)41(74-9)73-8-16-40-25(64)33(72)48(81-16)87-39-15(7-55)79-46(31(70)23(39)62)85-37-13(5-53)77-44(29(68)21(37)60)83-35-11(3-51)75-42(27(66)19(35)58)82-34-10(2-50)76-43(28(67)20(34)59)84-36-12(4-52)78-45(30(69)22(36)61)86-38-14(6-54)80-47(88-40)32(71)24(38)63/h9-72H,1-8H2/t9-,10-,11-,12-,13-,14-,15-,16-,17-,18+,19-,20-,21-,22-,23-,24-,25-,26-,27-,28-,29-,30-,31-,32?,33-,34-,35-,36-,37-,38-,39-,40-,41+,42-,43-,44-,45-,46-,47-,48-/m1/s1. The molecule has 40 nitrogen and oxygen atoms in total. The van der Waals surface area contributed by atoms with Gasteiger partial charge in [-0.15, -0.1) is 0 Å². The fourth-order valence-electron chi connectivity index (χ4n) is 11.8. The molecule has 0 radical (unpaired) electrons. The lowest BCUT2D eigenvalue weighted by molar-refractivity contribution is -0.399. The number of aliphatic hydroxyl groups is 24. The highest BCUT2D eigenvalue weighted by Gasteiger charge is 2.60. The average molecular weight is 1300 g/mol. The molecule has 22 aliphatic rings. The van der Waals surface area contributed by atoms with Crippen LogP contribution in [0, 0.1) is 0 Å². The Labute approximate surface area is 496 Å². The van der Waals surface area contributed by atoms with Crippen LogP contribution in [-0.2, 0) is 75.8 Å². The summed E-state index contributed by atoms with van der Waals surface area (Å²) in [6.45, 7) is -8.51. The molecule has 88 heavy (non-hydrogen) atoms. The highest BCUT2D eigenvalue weighted by atomic mass is 16.8. The molecule has 0 aromatic carbocycles. The molecule has 0 amide bonds. The fourth-order valence-corrected chi connectivity index (χ4v) is 11.8. The quantitative estimate of drug-likeness (QED) is 0.0966. The van der Waals surface area contributed by atoms with Crippen molar-refractivity contribution >= 4 is 0 Å². The third-order valence-electron chi connectivity index (χ3n) is 16.9. The summed E-state index contributed by atoms with van der Waals surface area (Å²) in [6.07, 6.45) is -82.6. The molecular formula is C48H80O40. The Balaban J connectivity index is 1.02. The molecule has 40 heteroatoms. The Hall–Kier alpha value is -1.60. The molecule has 40 atom stereocenters. The zero-order valence-electron chi connectivity index (χ0n) is 46.0. The first-order valence-electron chi connectivity index (χ1n) is 28.1. The first-order valence-corrected chi connectivity index (χ1v) is 28.1. The predicted molar refractivity (Wildman–Crippen MR) is 261 cm³/mol. The van der Waals surface area contributed by atoms with Gasteiger partial charge >= 0.3 is 0 Å². The third kappa shape index (κ3) is 13.9. The maximum atomic E-state index is 11.8. The van der Waals surface area contributed by atoms with E-state index in [1.165, 1.54) is 0 Å². The topological polar surface area (TPSA) is 633 Å². The molecule has 0 spiro atoms. The van der Waals surface area contributed by atoms with E-state index < -0.39 is 299 Å². The van der Waals surface area contributed by atoms with Gasteiger partial charge in [-0.25, -0.2) is 0 Å². The lowest BCUT2D eigenvalue weighted by Gasteiger charge is -2.50. The van der Waals surface area contributed by atoms with Crippen molar-refractivity contribution in [3.63, 3.8) is 0 Å². The van der Waals surface area contributed by atoms with Crippen molar-refractivity contribution in [1.29, 1.82) is 0 Å². The molecule has 22 rings (SSSR count). The van der Waals surface area contributed by atoms with Gasteiger partial charge in [-0.1, -0.05) is 0 Å². The average Bonchev–Trinajstić information content (AvgIpc) is 2.18. The Morgan fingerprint density at radius 3 is 0.580 bits per heavy atom. The van der Waals surface area contributed by atoms with Crippen molar-refractivity contribution in [3.8, 4) is 0 Å². The van der Waals surface area contributed by atoms with Crippen molar-refractivity contribution in [1.82, 2.24) is 0 Å². The highest BCUT2D eigenvalue weighted by Crippen LogP contribution is 2.39. The number of hydrogen-bond donors (Lipinski definition) is 24. The molecular weight excluding hydrogens is 1220 g/mol. The molecule has 0 saturated carbocycles. The van der Waals surface area contributed by atoms with Crippen LogP contribution in [0.1, 0.15) is 0 Å². The number of hydrogen-bond acceptors (Lipinski definition) is 40. The van der Waals surface area contributed by atoms with Gasteiger partial charge in [0.1, 0.15) is 195 Å². The molecule has 14 bridgehead atoms. The van der Waals surface area contributed by atoms with Crippen LogP contribution in [0.4, 0.5) is 0 Å². The smallest absolute Gasteiger partial charge is 0.187 e. The van der Waals surface area contributed by atoms with Gasteiger partial charge in [0.25, 0.3) is 0 Å². The first-order chi connectivity index (χ1) is 41.9. The van der Waals surface area contributed by atoms with Crippen LogP contribution in [0.2, 0.25) is 0 Å². The summed E-state index contributed by atoms with van der Waals surface area (Å²) < 4.78 is 91.6. The molecule has 0 aromatic rings. The Bertz CT molecular complexity index is 2130. The van der Waals surface area contributed by atoms with Crippen LogP contribution >= 0.6 is 0 Å². The second-order valence-electron chi connectivity index (χ2n) is 22.5. The Kier molecular flexibility index (Phi) is 24.1. The maximum absolute atomic E-state index is 11.8. The minimum absolute atomic E-state index is 0.919. The monoisotopic (exact) mass is 1300 g/mol. The summed E-state index contributed by atoms with van der Waals surface area (Å²) in [7, 11) is 0. The molecule has 1 unspecified atom stereocenters. The second kappa shape index (κ2) is 30.0. The molecule has 512 valence electrons. The van der Waals surface area contributed by atoms with E-state index in [4.69, 9.17) is 75.8 Å². The Morgan fingerprint density at radius 1 is 0.182 bits per heavy atom. The summed E-state index contributed by atoms with van der Waals surface area (Å²) in [5, 5.41) is 265. The van der Waals surface area contributed by atoms with Crippen molar-refractivity contribution in [2.24, 2.45) is 0 Å². The van der Waals surface area contributed by atoms with Gasteiger partial charge in [-0.3, -0.25) is 0 Å². The minimum atomic E-state index is -2.35. The largest absolute Gasteiger partial charge is 0.394 e. The summed E-state index contributed by atoms with van der Waals surface area (Å²) in [5.74, 6) is 0. The van der Waals surface area contributed by atoms with Crippen LogP contribution in [0.5, 0.6) is 0 Å². The van der Waals surface area contributed by atoms with E-state index in [9.17, 15) is 123 Å². The minimum Gasteiger partial charge on any atom is -0.394 e. The highest BCUT2D eigenvalue weighted by molar-refractivity contribution is 5.02. The first kappa shape index (κ1) is 70.7. The van der Waals surface area contributed by atoms with E-state index in [0.717, 1.165) is 0 Å². The predicted octanol–water partition coefficient (Wildman–Crippen LogP) is -17.4. The molecule has 0 aromatic heterocycles. The molecule has 22 saturated heterocycles.